The summed E-state index contributed by atoms with van der Waals surface area (Å²) in [4.78, 5) is -0.259. The van der Waals surface area contributed by atoms with Crippen molar-refractivity contribution in [3.05, 3.63) is 54.7 Å². The van der Waals surface area contributed by atoms with Crippen LogP contribution < -0.4 is 9.44 Å². The molecule has 10 heteroatoms. The highest BCUT2D eigenvalue weighted by Crippen LogP contribution is 2.24. The Bertz CT molecular complexity index is 1200. The van der Waals surface area contributed by atoms with Gasteiger partial charge >= 0.3 is 0 Å². The number of fused-ring (bicyclic) bond motifs is 1. The van der Waals surface area contributed by atoms with Gasteiger partial charge in [-0.05, 0) is 49.5 Å². The number of rotatable bonds is 8. The normalized spacial score (nSPS) is 12.4. The van der Waals surface area contributed by atoms with Crippen molar-refractivity contribution < 1.29 is 21.6 Å². The lowest BCUT2D eigenvalue weighted by molar-refractivity contribution is 0.188. The maximum atomic E-state index is 12.7. The van der Waals surface area contributed by atoms with Crippen LogP contribution in [-0.2, 0) is 31.3 Å². The standard InChI is InChI=1S/C18H21N3O5S2/c1-19-27(22,23)16-4-3-5-17(13-16)28(24,25)20-15-6-7-18-14(12-15)8-9-21(18)10-11-26-2/h3-9,12-13,19-20H,10-11H2,1-2H3. The van der Waals surface area contributed by atoms with Gasteiger partial charge in [-0.3, -0.25) is 4.72 Å². The van der Waals surface area contributed by atoms with E-state index in [4.69, 9.17) is 4.74 Å². The lowest BCUT2D eigenvalue weighted by atomic mass is 10.2. The number of hydrogen-bond acceptors (Lipinski definition) is 5. The molecule has 0 saturated heterocycles. The van der Waals surface area contributed by atoms with Crippen molar-refractivity contribution in [3.63, 3.8) is 0 Å². The highest BCUT2D eigenvalue weighted by Gasteiger charge is 2.19. The third kappa shape index (κ3) is 4.20. The average molecular weight is 424 g/mol. The molecule has 1 aromatic heterocycles. The van der Waals surface area contributed by atoms with Crippen LogP contribution in [0.2, 0.25) is 0 Å². The van der Waals surface area contributed by atoms with Crippen molar-refractivity contribution in [1.82, 2.24) is 9.29 Å². The van der Waals surface area contributed by atoms with Gasteiger partial charge in [0.05, 0.1) is 16.4 Å². The molecule has 2 N–H and O–H groups in total. The maximum absolute atomic E-state index is 12.7. The first kappa shape index (κ1) is 20.3. The number of hydrogen-bond donors (Lipinski definition) is 2. The first-order valence-corrected chi connectivity index (χ1v) is 11.4. The second-order valence-electron chi connectivity index (χ2n) is 6.06. The molecule has 0 aliphatic heterocycles. The number of anilines is 1. The van der Waals surface area contributed by atoms with Gasteiger partial charge in [0.2, 0.25) is 10.0 Å². The largest absolute Gasteiger partial charge is 0.383 e. The lowest BCUT2D eigenvalue weighted by Crippen LogP contribution is -2.19. The van der Waals surface area contributed by atoms with Crippen LogP contribution in [0.25, 0.3) is 10.9 Å². The van der Waals surface area contributed by atoms with Gasteiger partial charge in [-0.2, -0.15) is 0 Å². The third-order valence-electron chi connectivity index (χ3n) is 4.25. The fraction of sp³-hybridized carbons (Fsp3) is 0.222. The van der Waals surface area contributed by atoms with Gasteiger partial charge in [0.1, 0.15) is 0 Å². The minimum atomic E-state index is -3.95. The molecule has 0 saturated carbocycles. The van der Waals surface area contributed by atoms with Crippen LogP contribution >= 0.6 is 0 Å². The van der Waals surface area contributed by atoms with E-state index >= 15 is 0 Å². The predicted octanol–water partition coefficient (Wildman–Crippen LogP) is 2.00. The zero-order valence-corrected chi connectivity index (χ0v) is 17.0. The molecule has 0 radical (unpaired) electrons. The Morgan fingerprint density at radius 3 is 2.36 bits per heavy atom. The number of nitrogens with one attached hydrogen (secondary N) is 2. The highest BCUT2D eigenvalue weighted by atomic mass is 32.2. The van der Waals surface area contributed by atoms with Crippen LogP contribution in [0.15, 0.2) is 64.5 Å². The Morgan fingerprint density at radius 2 is 1.68 bits per heavy atom. The number of sulfonamides is 2. The summed E-state index contributed by atoms with van der Waals surface area (Å²) in [5.74, 6) is 0. The first-order chi connectivity index (χ1) is 13.3. The number of benzene rings is 2. The Hall–Kier alpha value is -2.40. The fourth-order valence-electron chi connectivity index (χ4n) is 2.79. The molecule has 0 unspecified atom stereocenters. The van der Waals surface area contributed by atoms with E-state index in [-0.39, 0.29) is 9.79 Å². The Morgan fingerprint density at radius 1 is 0.964 bits per heavy atom. The summed E-state index contributed by atoms with van der Waals surface area (Å²) < 4.78 is 61.0. The smallest absolute Gasteiger partial charge is 0.261 e. The zero-order valence-electron chi connectivity index (χ0n) is 15.4. The number of nitrogens with zero attached hydrogens (tertiary/aromatic N) is 1. The van der Waals surface area contributed by atoms with Crippen LogP contribution in [0, 0.1) is 0 Å². The summed E-state index contributed by atoms with van der Waals surface area (Å²) in [6.07, 6.45) is 1.91. The Kier molecular flexibility index (Phi) is 5.75. The summed E-state index contributed by atoms with van der Waals surface area (Å²) in [6, 6.07) is 12.3. The molecular weight excluding hydrogens is 402 g/mol. The molecule has 0 aliphatic carbocycles. The van der Waals surface area contributed by atoms with Gasteiger partial charge in [0, 0.05) is 36.4 Å². The van der Waals surface area contributed by atoms with Gasteiger partial charge in [-0.25, -0.2) is 21.6 Å². The quantitative estimate of drug-likeness (QED) is 0.576. The monoisotopic (exact) mass is 423 g/mol. The van der Waals surface area contributed by atoms with Crippen LogP contribution in [0.1, 0.15) is 0 Å². The topological polar surface area (TPSA) is 107 Å². The minimum Gasteiger partial charge on any atom is -0.383 e. The van der Waals surface area contributed by atoms with E-state index in [1.165, 1.54) is 25.2 Å². The van der Waals surface area contributed by atoms with Crippen LogP contribution in [0.4, 0.5) is 5.69 Å². The van der Waals surface area contributed by atoms with Crippen molar-refractivity contribution in [2.75, 3.05) is 25.5 Å². The van der Waals surface area contributed by atoms with Crippen LogP contribution in [-0.4, -0.2) is 42.2 Å². The average Bonchev–Trinajstić information content (AvgIpc) is 3.08. The molecule has 2 aromatic carbocycles. The molecule has 28 heavy (non-hydrogen) atoms. The van der Waals surface area contributed by atoms with E-state index in [1.54, 1.807) is 19.2 Å². The molecular formula is C18H21N3O5S2. The van der Waals surface area contributed by atoms with Crippen molar-refractivity contribution in [1.29, 1.82) is 0 Å². The van der Waals surface area contributed by atoms with Gasteiger partial charge < -0.3 is 9.30 Å². The molecule has 0 fully saturated rings. The Labute approximate surface area is 164 Å². The highest BCUT2D eigenvalue weighted by molar-refractivity contribution is 7.93. The van der Waals surface area contributed by atoms with E-state index in [0.29, 0.717) is 18.8 Å². The molecule has 150 valence electrons. The third-order valence-corrected chi connectivity index (χ3v) is 7.05. The SMILES string of the molecule is CNS(=O)(=O)c1cccc(S(=O)(=O)Nc2ccc3c(ccn3CCOC)c2)c1. The lowest BCUT2D eigenvalue weighted by Gasteiger charge is -2.10. The van der Waals surface area contributed by atoms with E-state index in [2.05, 4.69) is 9.44 Å². The van der Waals surface area contributed by atoms with Gasteiger partial charge in [-0.1, -0.05) is 6.07 Å². The summed E-state index contributed by atoms with van der Waals surface area (Å²) in [6.45, 7) is 1.27. The molecule has 0 bridgehead atoms. The van der Waals surface area contributed by atoms with Crippen molar-refractivity contribution >= 4 is 36.6 Å². The molecule has 3 rings (SSSR count). The Balaban J connectivity index is 1.89. The molecule has 1 heterocycles. The second-order valence-corrected chi connectivity index (χ2v) is 9.63. The molecule has 3 aromatic rings. The van der Waals surface area contributed by atoms with Crippen molar-refractivity contribution in [3.8, 4) is 0 Å². The summed E-state index contributed by atoms with van der Waals surface area (Å²) in [5, 5.41) is 0.878. The zero-order chi connectivity index (χ0) is 20.4. The molecule has 8 nitrogen and oxygen atoms in total. The summed E-state index contributed by atoms with van der Waals surface area (Å²) in [5.41, 5.74) is 1.35. The molecule has 0 spiro atoms. The predicted molar refractivity (Wildman–Crippen MR) is 107 cm³/mol. The van der Waals surface area contributed by atoms with Gasteiger partial charge in [0.25, 0.3) is 10.0 Å². The van der Waals surface area contributed by atoms with Crippen LogP contribution in [0.3, 0.4) is 0 Å². The van der Waals surface area contributed by atoms with Gasteiger partial charge in [-0.15, -0.1) is 0 Å². The van der Waals surface area contributed by atoms with E-state index in [0.717, 1.165) is 17.0 Å². The number of methoxy groups -OCH3 is 1. The molecule has 0 amide bonds. The van der Waals surface area contributed by atoms with E-state index < -0.39 is 20.0 Å². The van der Waals surface area contributed by atoms with Crippen molar-refractivity contribution in [2.45, 2.75) is 16.3 Å². The van der Waals surface area contributed by atoms with Crippen LogP contribution in [0.5, 0.6) is 0 Å². The van der Waals surface area contributed by atoms with Gasteiger partial charge in [0.15, 0.2) is 0 Å². The van der Waals surface area contributed by atoms with Crippen molar-refractivity contribution in [2.24, 2.45) is 0 Å². The number of ether oxygens (including phenoxy) is 1. The van der Waals surface area contributed by atoms with E-state index in [9.17, 15) is 16.8 Å². The molecule has 0 aliphatic rings. The fourth-order valence-corrected chi connectivity index (χ4v) is 4.73. The first-order valence-electron chi connectivity index (χ1n) is 8.41. The second kappa shape index (κ2) is 7.92. The maximum Gasteiger partial charge on any atom is 0.261 e. The summed E-state index contributed by atoms with van der Waals surface area (Å²) in [7, 11) is -4.79. The molecule has 0 atom stereocenters. The minimum absolute atomic E-state index is 0.122. The number of aromatic nitrogens is 1. The van der Waals surface area contributed by atoms with E-state index in [1.807, 2.05) is 22.9 Å². The summed E-state index contributed by atoms with van der Waals surface area (Å²) >= 11 is 0.